The zero-order chi connectivity index (χ0) is 8.04. The first kappa shape index (κ1) is 10.2. The van der Waals surface area contributed by atoms with Crippen molar-refractivity contribution in [1.29, 1.82) is 0 Å². The molecule has 0 aromatic carbocycles. The van der Waals surface area contributed by atoms with Crippen LogP contribution in [0.3, 0.4) is 0 Å². The second-order valence-corrected chi connectivity index (χ2v) is 7.45. The van der Waals surface area contributed by atoms with Gasteiger partial charge in [0.1, 0.15) is 0 Å². The molecule has 0 unspecified atom stereocenters. The van der Waals surface area contributed by atoms with E-state index in [4.69, 9.17) is 4.43 Å². The quantitative estimate of drug-likeness (QED) is 0.562. The largest absolute Gasteiger partial charge is 0.417 e. The summed E-state index contributed by atoms with van der Waals surface area (Å²) in [5.74, 6) is 0. The highest BCUT2D eigenvalue weighted by atomic mass is 28.4. The Morgan fingerprint density at radius 2 is 1.30 bits per heavy atom. The van der Waals surface area contributed by atoms with Crippen LogP contribution in [0.2, 0.25) is 18.1 Å². The van der Waals surface area contributed by atoms with Crippen LogP contribution in [0.4, 0.5) is 0 Å². The molecule has 0 fully saturated rings. The Morgan fingerprint density at radius 1 is 0.900 bits per heavy atom. The molecule has 0 aromatic heterocycles. The van der Waals surface area contributed by atoms with E-state index in [1.807, 2.05) is 0 Å². The van der Waals surface area contributed by atoms with Crippen molar-refractivity contribution in [1.82, 2.24) is 0 Å². The van der Waals surface area contributed by atoms with Crippen molar-refractivity contribution < 1.29 is 4.43 Å². The van der Waals surface area contributed by atoms with Crippen LogP contribution in [0, 0.1) is 0 Å². The standard InChI is InChI=1S/C8H20OSi/c1-5-9-10(6-2,7-3)8-4/h5-8H2,1-4H3. The summed E-state index contributed by atoms with van der Waals surface area (Å²) in [6, 6.07) is 3.82. The van der Waals surface area contributed by atoms with E-state index < -0.39 is 8.32 Å². The minimum Gasteiger partial charge on any atom is -0.417 e. The lowest BCUT2D eigenvalue weighted by atomic mass is 10.9. The zero-order valence-electron chi connectivity index (χ0n) is 7.74. The van der Waals surface area contributed by atoms with E-state index in [0.29, 0.717) is 0 Å². The Labute approximate surface area is 65.9 Å². The van der Waals surface area contributed by atoms with Crippen LogP contribution in [0.15, 0.2) is 0 Å². The van der Waals surface area contributed by atoms with Crippen LogP contribution in [-0.4, -0.2) is 14.9 Å². The molecule has 0 aliphatic heterocycles. The predicted octanol–water partition coefficient (Wildman–Crippen LogP) is 3.03. The summed E-state index contributed by atoms with van der Waals surface area (Å²) in [6.07, 6.45) is 0. The van der Waals surface area contributed by atoms with Crippen molar-refractivity contribution in [2.45, 2.75) is 45.8 Å². The minimum atomic E-state index is -1.22. The van der Waals surface area contributed by atoms with Gasteiger partial charge in [-0.25, -0.2) is 0 Å². The molecule has 0 atom stereocenters. The number of hydrogen-bond donors (Lipinski definition) is 0. The Bertz CT molecular complexity index is 71.1. The topological polar surface area (TPSA) is 9.23 Å². The average Bonchev–Trinajstić information content (AvgIpc) is 2.01. The zero-order valence-corrected chi connectivity index (χ0v) is 8.74. The third kappa shape index (κ3) is 2.43. The van der Waals surface area contributed by atoms with Crippen molar-refractivity contribution in [3.63, 3.8) is 0 Å². The Morgan fingerprint density at radius 3 is 1.40 bits per heavy atom. The van der Waals surface area contributed by atoms with Gasteiger partial charge >= 0.3 is 0 Å². The maximum absolute atomic E-state index is 5.82. The summed E-state index contributed by atoms with van der Waals surface area (Å²) in [7, 11) is -1.22. The molecule has 0 aromatic rings. The van der Waals surface area contributed by atoms with Crippen molar-refractivity contribution in [3.8, 4) is 0 Å². The molecule has 0 aliphatic carbocycles. The minimum absolute atomic E-state index is 0.905. The van der Waals surface area contributed by atoms with E-state index in [0.717, 1.165) is 6.61 Å². The van der Waals surface area contributed by atoms with E-state index in [-0.39, 0.29) is 0 Å². The number of hydrogen-bond acceptors (Lipinski definition) is 1. The molecule has 0 saturated heterocycles. The normalized spacial score (nSPS) is 12.0. The van der Waals surface area contributed by atoms with Gasteiger partial charge in [-0.1, -0.05) is 20.8 Å². The van der Waals surface area contributed by atoms with Crippen LogP contribution in [0.5, 0.6) is 0 Å². The van der Waals surface area contributed by atoms with E-state index >= 15 is 0 Å². The van der Waals surface area contributed by atoms with Gasteiger partial charge in [0.25, 0.3) is 0 Å². The van der Waals surface area contributed by atoms with E-state index in [1.165, 1.54) is 18.1 Å². The molecule has 1 nitrogen and oxygen atoms in total. The van der Waals surface area contributed by atoms with Crippen molar-refractivity contribution in [2.24, 2.45) is 0 Å². The van der Waals surface area contributed by atoms with Gasteiger partial charge in [-0.3, -0.25) is 0 Å². The maximum atomic E-state index is 5.82. The van der Waals surface area contributed by atoms with Gasteiger partial charge in [0.15, 0.2) is 8.32 Å². The molecule has 0 spiro atoms. The van der Waals surface area contributed by atoms with E-state index in [2.05, 4.69) is 27.7 Å². The molecule has 0 heterocycles. The molecule has 0 aliphatic rings. The summed E-state index contributed by atoms with van der Waals surface area (Å²) in [5.41, 5.74) is 0. The fraction of sp³-hybridized carbons (Fsp3) is 1.00. The number of rotatable bonds is 5. The van der Waals surface area contributed by atoms with Crippen molar-refractivity contribution in [2.75, 3.05) is 6.61 Å². The molecule has 62 valence electrons. The van der Waals surface area contributed by atoms with Gasteiger partial charge < -0.3 is 4.43 Å². The SMILES string of the molecule is CCO[Si](CC)(CC)CC. The fourth-order valence-electron chi connectivity index (χ4n) is 1.36. The summed E-state index contributed by atoms with van der Waals surface area (Å²) < 4.78 is 5.82. The molecule has 0 bridgehead atoms. The molecular formula is C8H20OSi. The summed E-state index contributed by atoms with van der Waals surface area (Å²) >= 11 is 0. The molecule has 0 radical (unpaired) electrons. The first-order chi connectivity index (χ1) is 4.74. The fourth-order valence-corrected chi connectivity index (χ4v) is 4.09. The van der Waals surface area contributed by atoms with Crippen LogP contribution < -0.4 is 0 Å². The van der Waals surface area contributed by atoms with Gasteiger partial charge in [-0.15, -0.1) is 0 Å². The van der Waals surface area contributed by atoms with Crippen LogP contribution in [0.1, 0.15) is 27.7 Å². The Hall–Kier alpha value is 0.177. The summed E-state index contributed by atoms with van der Waals surface area (Å²) in [4.78, 5) is 0. The molecule has 2 heteroatoms. The third-order valence-corrected chi connectivity index (χ3v) is 7.15. The van der Waals surface area contributed by atoms with Gasteiger partial charge in [0.05, 0.1) is 0 Å². The first-order valence-electron chi connectivity index (χ1n) is 4.38. The van der Waals surface area contributed by atoms with E-state index in [1.54, 1.807) is 0 Å². The van der Waals surface area contributed by atoms with E-state index in [9.17, 15) is 0 Å². The maximum Gasteiger partial charge on any atom is 0.191 e. The van der Waals surface area contributed by atoms with Gasteiger partial charge in [0.2, 0.25) is 0 Å². The van der Waals surface area contributed by atoms with Crippen LogP contribution in [0.25, 0.3) is 0 Å². The third-order valence-electron chi connectivity index (χ3n) is 2.38. The lowest BCUT2D eigenvalue weighted by Gasteiger charge is -2.26. The highest BCUT2D eigenvalue weighted by Gasteiger charge is 2.27. The molecule has 0 rings (SSSR count). The first-order valence-corrected chi connectivity index (χ1v) is 6.91. The molecule has 10 heavy (non-hydrogen) atoms. The van der Waals surface area contributed by atoms with Crippen molar-refractivity contribution >= 4 is 8.32 Å². The van der Waals surface area contributed by atoms with Crippen molar-refractivity contribution in [3.05, 3.63) is 0 Å². The van der Waals surface area contributed by atoms with Crippen LogP contribution >= 0.6 is 0 Å². The molecule has 0 saturated carbocycles. The second-order valence-electron chi connectivity index (χ2n) is 2.68. The highest BCUT2D eigenvalue weighted by molar-refractivity contribution is 6.73. The molecular weight excluding hydrogens is 140 g/mol. The average molecular weight is 160 g/mol. The van der Waals surface area contributed by atoms with Gasteiger partial charge in [0, 0.05) is 6.61 Å². The monoisotopic (exact) mass is 160 g/mol. The Kier molecular flexibility index (Phi) is 5.00. The lowest BCUT2D eigenvalue weighted by molar-refractivity contribution is 0.321. The lowest BCUT2D eigenvalue weighted by Crippen LogP contribution is -2.35. The smallest absolute Gasteiger partial charge is 0.191 e. The summed E-state index contributed by atoms with van der Waals surface area (Å²) in [6.45, 7) is 9.78. The highest BCUT2D eigenvalue weighted by Crippen LogP contribution is 2.20. The van der Waals surface area contributed by atoms with Crippen LogP contribution in [-0.2, 0) is 4.43 Å². The predicted molar refractivity (Wildman–Crippen MR) is 48.8 cm³/mol. The summed E-state index contributed by atoms with van der Waals surface area (Å²) in [5, 5.41) is 0. The van der Waals surface area contributed by atoms with Gasteiger partial charge in [-0.2, -0.15) is 0 Å². The Balaban J connectivity index is 3.87. The molecule has 0 N–H and O–H groups in total. The second kappa shape index (κ2) is 4.91. The van der Waals surface area contributed by atoms with Gasteiger partial charge in [-0.05, 0) is 25.1 Å². The molecule has 0 amide bonds.